The normalized spacial score (nSPS) is 10.7. The minimum atomic E-state index is -1.18. The molecule has 1 N–H and O–H groups in total. The molecule has 0 spiro atoms. The van der Waals surface area contributed by atoms with E-state index in [4.69, 9.17) is 0 Å². The molecule has 0 amide bonds. The molecule has 0 fully saturated rings. The largest absolute Gasteiger partial charge is 0.478 e. The maximum atomic E-state index is 13.1. The predicted octanol–water partition coefficient (Wildman–Crippen LogP) is 4.15. The fraction of sp³-hybridized carbons (Fsp3) is 0. The van der Waals surface area contributed by atoms with E-state index in [-0.39, 0.29) is 16.9 Å². The van der Waals surface area contributed by atoms with Crippen molar-refractivity contribution in [3.63, 3.8) is 0 Å². The van der Waals surface area contributed by atoms with E-state index in [0.29, 0.717) is 16.5 Å². The molecule has 0 bridgehead atoms. The van der Waals surface area contributed by atoms with Crippen LogP contribution >= 0.6 is 0 Å². The number of rotatable bonds is 4. The number of carbonyl (C=O) groups is 1. The Bertz CT molecular complexity index is 1280. The molecular formula is C21H13N3O4. The monoisotopic (exact) mass is 371 g/mol. The second kappa shape index (κ2) is 6.88. The number of aromatic carboxylic acids is 1. The third-order valence-corrected chi connectivity index (χ3v) is 4.40. The Hall–Kier alpha value is -4.13. The zero-order chi connectivity index (χ0) is 19.7. The summed E-state index contributed by atoms with van der Waals surface area (Å²) in [5.74, 6) is -1.18. The Morgan fingerprint density at radius 3 is 2.29 bits per heavy atom. The molecule has 28 heavy (non-hydrogen) atoms. The van der Waals surface area contributed by atoms with Crippen LogP contribution < -0.4 is 5.56 Å². The Morgan fingerprint density at radius 2 is 1.61 bits per heavy atom. The molecule has 0 aliphatic rings. The lowest BCUT2D eigenvalue weighted by molar-refractivity contribution is 0.0697. The number of aromatic nitrogens is 2. The van der Waals surface area contributed by atoms with Gasteiger partial charge in [-0.05, 0) is 29.4 Å². The van der Waals surface area contributed by atoms with Crippen molar-refractivity contribution in [1.29, 1.82) is 0 Å². The highest BCUT2D eigenvalue weighted by atomic mass is 16.4. The van der Waals surface area contributed by atoms with Crippen molar-refractivity contribution >= 4 is 22.4 Å². The van der Waals surface area contributed by atoms with Crippen LogP contribution in [0.1, 0.15) is 10.4 Å². The van der Waals surface area contributed by atoms with Gasteiger partial charge in [-0.2, -0.15) is 9.78 Å². The van der Waals surface area contributed by atoms with E-state index in [9.17, 15) is 19.6 Å². The molecule has 7 heteroatoms. The lowest BCUT2D eigenvalue weighted by Crippen LogP contribution is -2.22. The van der Waals surface area contributed by atoms with Gasteiger partial charge < -0.3 is 5.11 Å². The molecule has 0 atom stereocenters. The first kappa shape index (κ1) is 17.3. The highest BCUT2D eigenvalue weighted by Crippen LogP contribution is 2.28. The molecule has 0 unspecified atom stereocenters. The SMILES string of the molecule is O=Nc1ccc(C(=O)O)cc1-n1nc(-c2ccccc2)c2ccccc2c1=O. The molecule has 0 saturated carbocycles. The third-order valence-electron chi connectivity index (χ3n) is 4.40. The Kier molecular flexibility index (Phi) is 4.25. The van der Waals surface area contributed by atoms with Crippen molar-refractivity contribution < 1.29 is 9.90 Å². The zero-order valence-corrected chi connectivity index (χ0v) is 14.4. The van der Waals surface area contributed by atoms with Gasteiger partial charge in [-0.1, -0.05) is 48.5 Å². The molecule has 1 aromatic heterocycles. The first-order valence-corrected chi connectivity index (χ1v) is 8.38. The molecule has 3 aromatic carbocycles. The summed E-state index contributed by atoms with van der Waals surface area (Å²) < 4.78 is 1.04. The Balaban J connectivity index is 2.11. The van der Waals surface area contributed by atoms with E-state index in [1.54, 1.807) is 18.2 Å². The fourth-order valence-corrected chi connectivity index (χ4v) is 3.07. The quantitative estimate of drug-likeness (QED) is 0.543. The molecule has 7 nitrogen and oxygen atoms in total. The second-order valence-electron chi connectivity index (χ2n) is 6.08. The summed E-state index contributed by atoms with van der Waals surface area (Å²) in [6.45, 7) is 0. The van der Waals surface area contributed by atoms with Gasteiger partial charge in [-0.3, -0.25) is 4.79 Å². The molecule has 4 aromatic rings. The van der Waals surface area contributed by atoms with Crippen molar-refractivity contribution in [3.8, 4) is 16.9 Å². The van der Waals surface area contributed by atoms with Gasteiger partial charge in [-0.25, -0.2) is 4.79 Å². The molecule has 0 saturated heterocycles. The van der Waals surface area contributed by atoms with Gasteiger partial charge in [0.2, 0.25) is 0 Å². The maximum Gasteiger partial charge on any atom is 0.335 e. The van der Waals surface area contributed by atoms with Gasteiger partial charge in [-0.15, -0.1) is 4.91 Å². The van der Waals surface area contributed by atoms with Crippen LogP contribution in [0.3, 0.4) is 0 Å². The summed E-state index contributed by atoms with van der Waals surface area (Å²) >= 11 is 0. The third kappa shape index (κ3) is 2.84. The van der Waals surface area contributed by atoms with Crippen LogP contribution in [0.25, 0.3) is 27.7 Å². The van der Waals surface area contributed by atoms with Crippen molar-refractivity contribution in [2.75, 3.05) is 0 Å². The number of carboxylic acids is 1. The molecule has 1 heterocycles. The van der Waals surface area contributed by atoms with Crippen LogP contribution in [0, 0.1) is 4.91 Å². The molecule has 0 aliphatic carbocycles. The summed E-state index contributed by atoms with van der Waals surface area (Å²) in [4.78, 5) is 35.7. The van der Waals surface area contributed by atoms with E-state index in [1.165, 1.54) is 18.2 Å². The average Bonchev–Trinajstić information content (AvgIpc) is 2.74. The number of nitrogens with zero attached hydrogens (tertiary/aromatic N) is 3. The van der Waals surface area contributed by atoms with E-state index in [2.05, 4.69) is 10.3 Å². The summed E-state index contributed by atoms with van der Waals surface area (Å²) in [6.07, 6.45) is 0. The van der Waals surface area contributed by atoms with Gasteiger partial charge in [0, 0.05) is 10.9 Å². The van der Waals surface area contributed by atoms with Crippen molar-refractivity contribution in [2.45, 2.75) is 0 Å². The van der Waals surface area contributed by atoms with Crippen LogP contribution in [0.4, 0.5) is 5.69 Å². The van der Waals surface area contributed by atoms with Gasteiger partial charge in [0.25, 0.3) is 5.56 Å². The van der Waals surface area contributed by atoms with E-state index in [1.807, 2.05) is 36.4 Å². The Morgan fingerprint density at radius 1 is 0.929 bits per heavy atom. The van der Waals surface area contributed by atoms with E-state index < -0.39 is 11.5 Å². The van der Waals surface area contributed by atoms with E-state index in [0.717, 1.165) is 10.2 Å². The lowest BCUT2D eigenvalue weighted by Gasteiger charge is -2.12. The number of hydrogen-bond acceptors (Lipinski definition) is 5. The molecule has 4 rings (SSSR count). The van der Waals surface area contributed by atoms with Crippen molar-refractivity contribution in [3.05, 3.63) is 93.6 Å². The lowest BCUT2D eigenvalue weighted by atomic mass is 10.0. The predicted molar refractivity (Wildman–Crippen MR) is 105 cm³/mol. The van der Waals surface area contributed by atoms with Gasteiger partial charge in [0.1, 0.15) is 5.69 Å². The van der Waals surface area contributed by atoms with Gasteiger partial charge >= 0.3 is 5.97 Å². The van der Waals surface area contributed by atoms with Crippen molar-refractivity contribution in [1.82, 2.24) is 9.78 Å². The van der Waals surface area contributed by atoms with Crippen LogP contribution in [0.5, 0.6) is 0 Å². The average molecular weight is 371 g/mol. The minimum Gasteiger partial charge on any atom is -0.478 e. The molecular weight excluding hydrogens is 358 g/mol. The minimum absolute atomic E-state index is 0.0165. The van der Waals surface area contributed by atoms with Crippen LogP contribution in [0.15, 0.2) is 82.8 Å². The van der Waals surface area contributed by atoms with Crippen LogP contribution in [-0.4, -0.2) is 20.9 Å². The smallest absolute Gasteiger partial charge is 0.335 e. The first-order valence-electron chi connectivity index (χ1n) is 8.38. The topological polar surface area (TPSA) is 102 Å². The fourth-order valence-electron chi connectivity index (χ4n) is 3.07. The van der Waals surface area contributed by atoms with Crippen LogP contribution in [-0.2, 0) is 0 Å². The Labute approximate surface area is 158 Å². The molecule has 136 valence electrons. The number of fused-ring (bicyclic) bond motifs is 1. The standard InChI is InChI=1S/C21H13N3O4/c25-20-16-9-5-4-8-15(16)19(13-6-2-1-3-7-13)22-24(20)18-12-14(21(26)27)10-11-17(18)23-28/h1-12H,(H,26,27). The first-order chi connectivity index (χ1) is 13.6. The zero-order valence-electron chi connectivity index (χ0n) is 14.4. The summed E-state index contributed by atoms with van der Waals surface area (Å²) in [5.41, 5.74) is 0.709. The van der Waals surface area contributed by atoms with Crippen molar-refractivity contribution in [2.24, 2.45) is 5.18 Å². The molecule has 0 radical (unpaired) electrons. The number of benzene rings is 3. The number of nitroso groups, excluding NO2 is 1. The summed E-state index contributed by atoms with van der Waals surface area (Å²) in [7, 11) is 0. The maximum absolute atomic E-state index is 13.1. The van der Waals surface area contributed by atoms with Gasteiger partial charge in [0.15, 0.2) is 0 Å². The van der Waals surface area contributed by atoms with Crippen LogP contribution in [0.2, 0.25) is 0 Å². The molecule has 0 aliphatic heterocycles. The number of hydrogen-bond donors (Lipinski definition) is 1. The highest BCUT2D eigenvalue weighted by Gasteiger charge is 2.17. The second-order valence-corrected chi connectivity index (χ2v) is 6.08. The number of carboxylic acid groups (broad SMARTS) is 1. The van der Waals surface area contributed by atoms with Gasteiger partial charge in [0.05, 0.1) is 22.3 Å². The summed E-state index contributed by atoms with van der Waals surface area (Å²) in [6, 6.07) is 20.0. The van der Waals surface area contributed by atoms with E-state index >= 15 is 0 Å². The highest BCUT2D eigenvalue weighted by molar-refractivity contribution is 5.94. The summed E-state index contributed by atoms with van der Waals surface area (Å²) in [5, 5.41) is 17.7.